The number of benzene rings is 1. The summed E-state index contributed by atoms with van der Waals surface area (Å²) in [7, 11) is 0. The number of aromatic nitrogens is 2. The van der Waals surface area contributed by atoms with Crippen molar-refractivity contribution >= 4 is 29.5 Å². The number of aliphatic imine (C=N–C) groups is 1. The number of rotatable bonds is 7. The Labute approximate surface area is 234 Å². The Morgan fingerprint density at radius 2 is 2.05 bits per heavy atom. The molecule has 1 aromatic carbocycles. The van der Waals surface area contributed by atoms with Crippen molar-refractivity contribution in [1.82, 2.24) is 20.2 Å². The van der Waals surface area contributed by atoms with E-state index in [4.69, 9.17) is 16.6 Å². The van der Waals surface area contributed by atoms with Crippen LogP contribution in [0, 0.1) is 17.2 Å². The molecule has 1 amide bonds. The van der Waals surface area contributed by atoms with E-state index in [0.717, 1.165) is 56.0 Å². The lowest BCUT2D eigenvalue weighted by atomic mass is 9.82. The summed E-state index contributed by atoms with van der Waals surface area (Å²) < 4.78 is 14.7. The van der Waals surface area contributed by atoms with E-state index in [1.165, 1.54) is 25.0 Å². The van der Waals surface area contributed by atoms with Crippen LogP contribution in [0.4, 0.5) is 10.2 Å². The van der Waals surface area contributed by atoms with E-state index in [2.05, 4.69) is 32.0 Å². The Bertz CT molecular complexity index is 1320. The van der Waals surface area contributed by atoms with Crippen LogP contribution in [-0.2, 0) is 4.79 Å². The Kier molecular flexibility index (Phi) is 7.18. The number of fused-ring (bicyclic) bond motifs is 1. The minimum atomic E-state index is -0.806. The number of hydrogen-bond donors (Lipinski definition) is 1. The minimum absolute atomic E-state index is 0.151. The van der Waals surface area contributed by atoms with Crippen molar-refractivity contribution in [2.24, 2.45) is 16.3 Å². The van der Waals surface area contributed by atoms with Gasteiger partial charge in [-0.05, 0) is 82.3 Å². The molecule has 39 heavy (non-hydrogen) atoms. The summed E-state index contributed by atoms with van der Waals surface area (Å²) in [5, 5.41) is 3.87. The third-order valence-corrected chi connectivity index (χ3v) is 9.00. The van der Waals surface area contributed by atoms with E-state index in [-0.39, 0.29) is 23.2 Å². The maximum Gasteiger partial charge on any atom is 0.236 e. The molecular formula is C30H36ClFN6O. The van der Waals surface area contributed by atoms with Gasteiger partial charge >= 0.3 is 0 Å². The predicted molar refractivity (Wildman–Crippen MR) is 153 cm³/mol. The zero-order valence-electron chi connectivity index (χ0n) is 22.7. The van der Waals surface area contributed by atoms with Crippen LogP contribution < -0.4 is 10.2 Å². The number of amides is 1. The number of allylic oxidation sites excluding steroid dienone is 1. The standard InChI is InChI=1S/C30H36ClFN6O/c1-19-17-38(28-24(19)16-35-27(36-28)23-15-21(31)3-6-25(23)32)26-9-13-34-18-30(26,2)29(39)37(22-4-5-22)14-10-20-7-11-33-12-8-20/h3,6,9,13,15-16,19-20,22,33H,4-5,7-8,10-12,14,17-18H2,1-2H3. The quantitative estimate of drug-likeness (QED) is 0.512. The van der Waals surface area contributed by atoms with Gasteiger partial charge in [-0.2, -0.15) is 0 Å². The highest BCUT2D eigenvalue weighted by molar-refractivity contribution is 6.30. The van der Waals surface area contributed by atoms with Gasteiger partial charge in [0.2, 0.25) is 5.91 Å². The molecule has 2 fully saturated rings. The first-order valence-corrected chi connectivity index (χ1v) is 14.5. The van der Waals surface area contributed by atoms with Crippen LogP contribution in [0.25, 0.3) is 11.4 Å². The summed E-state index contributed by atoms with van der Waals surface area (Å²) in [6, 6.07) is 4.73. The summed E-state index contributed by atoms with van der Waals surface area (Å²) in [6.07, 6.45) is 11.1. The highest BCUT2D eigenvalue weighted by Crippen LogP contribution is 2.45. The van der Waals surface area contributed by atoms with Crippen LogP contribution in [0.15, 0.2) is 41.2 Å². The second-order valence-corrected chi connectivity index (χ2v) is 12.1. The number of nitrogens with zero attached hydrogens (tertiary/aromatic N) is 5. The van der Waals surface area contributed by atoms with Crippen molar-refractivity contribution in [2.45, 2.75) is 57.9 Å². The first-order valence-electron chi connectivity index (χ1n) is 14.2. The topological polar surface area (TPSA) is 73.7 Å². The SMILES string of the molecule is CC1CN(C2=CC=NCC2(C)C(=O)N(CCC2CCNCC2)C2CC2)c2nc(-c3cc(Cl)ccc3F)ncc21. The third-order valence-electron chi connectivity index (χ3n) is 8.77. The predicted octanol–water partition coefficient (Wildman–Crippen LogP) is 5.21. The highest BCUT2D eigenvalue weighted by atomic mass is 35.5. The van der Waals surface area contributed by atoms with Crippen molar-refractivity contribution in [1.29, 1.82) is 0 Å². The normalized spacial score (nSPS) is 25.0. The smallest absolute Gasteiger partial charge is 0.236 e. The number of anilines is 1. The average Bonchev–Trinajstić information content (AvgIpc) is 3.74. The molecule has 9 heteroatoms. The minimum Gasteiger partial charge on any atom is -0.339 e. The Hall–Kier alpha value is -2.84. The Morgan fingerprint density at radius 3 is 2.82 bits per heavy atom. The van der Waals surface area contributed by atoms with Crippen LogP contribution in [-0.4, -0.2) is 65.8 Å². The first kappa shape index (κ1) is 26.4. The van der Waals surface area contributed by atoms with Gasteiger partial charge in [0.1, 0.15) is 17.1 Å². The molecule has 2 aromatic rings. The van der Waals surface area contributed by atoms with Crippen LogP contribution in [0.5, 0.6) is 0 Å². The molecule has 3 aliphatic heterocycles. The summed E-state index contributed by atoms with van der Waals surface area (Å²) >= 11 is 6.16. The molecule has 206 valence electrons. The van der Waals surface area contributed by atoms with Crippen LogP contribution in [0.2, 0.25) is 5.02 Å². The van der Waals surface area contributed by atoms with Crippen molar-refractivity contribution in [3.05, 3.63) is 52.6 Å². The summed E-state index contributed by atoms with van der Waals surface area (Å²) in [4.78, 5) is 32.6. The van der Waals surface area contributed by atoms with Crippen LogP contribution in [0.3, 0.4) is 0 Å². The zero-order chi connectivity index (χ0) is 27.1. The Balaban J connectivity index is 1.31. The molecule has 4 heterocycles. The molecule has 1 saturated heterocycles. The molecule has 1 aromatic heterocycles. The molecule has 6 rings (SSSR count). The lowest BCUT2D eigenvalue weighted by Gasteiger charge is -2.40. The van der Waals surface area contributed by atoms with E-state index in [1.807, 2.05) is 13.0 Å². The number of halogens is 2. The van der Waals surface area contributed by atoms with Gasteiger partial charge in [-0.1, -0.05) is 18.5 Å². The summed E-state index contributed by atoms with van der Waals surface area (Å²) in [5.41, 5.74) is 1.35. The van der Waals surface area contributed by atoms with Gasteiger partial charge < -0.3 is 15.1 Å². The largest absolute Gasteiger partial charge is 0.339 e. The maximum absolute atomic E-state index is 14.7. The van der Waals surface area contributed by atoms with E-state index < -0.39 is 11.2 Å². The number of nitrogens with one attached hydrogen (secondary N) is 1. The molecule has 2 atom stereocenters. The number of hydrogen-bond acceptors (Lipinski definition) is 6. The molecule has 1 aliphatic carbocycles. The molecule has 1 N–H and O–H groups in total. The van der Waals surface area contributed by atoms with Gasteiger partial charge in [0.25, 0.3) is 0 Å². The number of carbonyl (C=O) groups excluding carboxylic acids is 1. The highest BCUT2D eigenvalue weighted by Gasteiger charge is 2.48. The maximum atomic E-state index is 14.7. The Morgan fingerprint density at radius 1 is 1.26 bits per heavy atom. The van der Waals surface area contributed by atoms with Gasteiger partial charge in [-0.25, -0.2) is 14.4 Å². The lowest BCUT2D eigenvalue weighted by molar-refractivity contribution is -0.139. The molecule has 1 saturated carbocycles. The summed E-state index contributed by atoms with van der Waals surface area (Å²) in [5.74, 6) is 1.57. The fraction of sp³-hybridized carbons (Fsp3) is 0.533. The zero-order valence-corrected chi connectivity index (χ0v) is 23.4. The third kappa shape index (κ3) is 5.09. The number of piperidine rings is 1. The van der Waals surface area contributed by atoms with Gasteiger partial charge in [0, 0.05) is 53.7 Å². The second kappa shape index (κ2) is 10.6. The van der Waals surface area contributed by atoms with Crippen molar-refractivity contribution in [3.8, 4) is 11.4 Å². The number of dihydropyridines is 1. The molecular weight excluding hydrogens is 515 g/mol. The summed E-state index contributed by atoms with van der Waals surface area (Å²) in [6.45, 7) is 8.16. The van der Waals surface area contributed by atoms with Crippen LogP contribution >= 0.6 is 11.6 Å². The fourth-order valence-corrected chi connectivity index (χ4v) is 6.42. The second-order valence-electron chi connectivity index (χ2n) is 11.7. The van der Waals surface area contributed by atoms with Crippen molar-refractivity contribution in [2.75, 3.05) is 37.6 Å². The first-order chi connectivity index (χ1) is 18.8. The lowest BCUT2D eigenvalue weighted by Crippen LogP contribution is -2.51. The van der Waals surface area contributed by atoms with Crippen LogP contribution in [0.1, 0.15) is 57.4 Å². The number of carbonyl (C=O) groups is 1. The molecule has 0 radical (unpaired) electrons. The molecule has 4 aliphatic rings. The molecule has 0 spiro atoms. The average molecular weight is 551 g/mol. The van der Waals surface area contributed by atoms with E-state index >= 15 is 0 Å². The molecule has 7 nitrogen and oxygen atoms in total. The van der Waals surface area contributed by atoms with Gasteiger partial charge in [-0.3, -0.25) is 9.79 Å². The molecule has 0 bridgehead atoms. The van der Waals surface area contributed by atoms with E-state index in [0.29, 0.717) is 30.1 Å². The van der Waals surface area contributed by atoms with Gasteiger partial charge in [0.15, 0.2) is 5.82 Å². The van der Waals surface area contributed by atoms with Crippen molar-refractivity contribution < 1.29 is 9.18 Å². The van der Waals surface area contributed by atoms with Gasteiger partial charge in [0.05, 0.1) is 12.1 Å². The van der Waals surface area contributed by atoms with Crippen molar-refractivity contribution in [3.63, 3.8) is 0 Å². The molecule has 2 unspecified atom stereocenters. The van der Waals surface area contributed by atoms with Gasteiger partial charge in [-0.15, -0.1) is 0 Å². The van der Waals surface area contributed by atoms with E-state index in [9.17, 15) is 9.18 Å². The monoisotopic (exact) mass is 550 g/mol. The van der Waals surface area contributed by atoms with E-state index in [1.54, 1.807) is 18.5 Å². The fourth-order valence-electron chi connectivity index (χ4n) is 6.25.